The van der Waals surface area contributed by atoms with Crippen molar-refractivity contribution in [3.8, 4) is 28.4 Å². The summed E-state index contributed by atoms with van der Waals surface area (Å²) in [6.45, 7) is 1.17. The number of hydrogen-bond donors (Lipinski definition) is 0. The molecule has 0 unspecified atom stereocenters. The molecule has 6 rings (SSSR count). The van der Waals surface area contributed by atoms with Gasteiger partial charge in [-0.05, 0) is 42.8 Å². The molecule has 31 heavy (non-hydrogen) atoms. The van der Waals surface area contributed by atoms with Crippen LogP contribution < -0.4 is 4.74 Å². The highest BCUT2D eigenvalue weighted by atomic mass is 19.1. The Hall–Kier alpha value is -3.36. The van der Waals surface area contributed by atoms with Crippen LogP contribution in [0, 0.1) is 11.7 Å². The Kier molecular flexibility index (Phi) is 4.40. The van der Waals surface area contributed by atoms with Crippen LogP contribution in [0.2, 0.25) is 0 Å². The zero-order valence-electron chi connectivity index (χ0n) is 16.5. The molecule has 7 nitrogen and oxygen atoms in total. The number of halogens is 1. The first-order valence-corrected chi connectivity index (χ1v) is 10.2. The lowest BCUT2D eigenvalue weighted by molar-refractivity contribution is -0.0906. The van der Waals surface area contributed by atoms with Gasteiger partial charge in [-0.3, -0.25) is 0 Å². The Bertz CT molecular complexity index is 1230. The van der Waals surface area contributed by atoms with Gasteiger partial charge in [-0.25, -0.2) is 14.4 Å². The third-order valence-electron chi connectivity index (χ3n) is 5.84. The molecule has 0 spiro atoms. The second kappa shape index (κ2) is 7.40. The van der Waals surface area contributed by atoms with Crippen molar-refractivity contribution in [2.75, 3.05) is 13.2 Å². The lowest BCUT2D eigenvalue weighted by atomic mass is 10.0. The molecular formula is C23H19FN4O3. The van der Waals surface area contributed by atoms with E-state index in [1.54, 1.807) is 22.8 Å². The van der Waals surface area contributed by atoms with Gasteiger partial charge in [0.15, 0.2) is 6.29 Å². The molecule has 5 heterocycles. The molecule has 2 saturated heterocycles. The van der Waals surface area contributed by atoms with Gasteiger partial charge in [-0.1, -0.05) is 6.07 Å². The van der Waals surface area contributed by atoms with E-state index in [0.717, 1.165) is 28.8 Å². The van der Waals surface area contributed by atoms with Gasteiger partial charge in [0, 0.05) is 17.8 Å². The van der Waals surface area contributed by atoms with Crippen LogP contribution in [0.25, 0.3) is 28.0 Å². The Morgan fingerprint density at radius 3 is 2.81 bits per heavy atom. The van der Waals surface area contributed by atoms with E-state index in [1.165, 1.54) is 18.5 Å². The molecule has 2 aliphatic rings. The molecule has 3 aromatic heterocycles. The maximum atomic E-state index is 13.5. The van der Waals surface area contributed by atoms with Crippen LogP contribution in [0.5, 0.6) is 5.88 Å². The molecule has 8 heteroatoms. The Labute approximate surface area is 177 Å². The van der Waals surface area contributed by atoms with E-state index in [4.69, 9.17) is 19.3 Å². The fraction of sp³-hybridized carbons (Fsp3) is 0.261. The van der Waals surface area contributed by atoms with Crippen LogP contribution in [0.15, 0.2) is 61.1 Å². The van der Waals surface area contributed by atoms with Crippen molar-refractivity contribution in [1.29, 1.82) is 0 Å². The van der Waals surface area contributed by atoms with E-state index in [-0.39, 0.29) is 24.1 Å². The molecule has 1 aromatic carbocycles. The van der Waals surface area contributed by atoms with E-state index in [0.29, 0.717) is 24.8 Å². The number of fused-ring (bicyclic) bond motifs is 2. The van der Waals surface area contributed by atoms with Gasteiger partial charge in [-0.15, -0.1) is 0 Å². The van der Waals surface area contributed by atoms with Crippen molar-refractivity contribution in [2.24, 2.45) is 5.92 Å². The van der Waals surface area contributed by atoms with Crippen LogP contribution in [0.1, 0.15) is 6.42 Å². The van der Waals surface area contributed by atoms with E-state index in [2.05, 4.69) is 9.97 Å². The molecule has 0 radical (unpaired) electrons. The standard InChI is InChI=1S/C23H19FN4O3/c24-15-6-4-14(5-7-15)22-21(17-8-10-25-13-26-17)18-2-1-3-20(28(18)27-22)31-19-12-30-23-16(19)9-11-29-23/h1-8,10,13,16,19,23H,9,11-12H2/t16-,19-,23+/m1/s1. The number of nitrogens with zero attached hydrogens (tertiary/aromatic N) is 4. The summed E-state index contributed by atoms with van der Waals surface area (Å²) in [5, 5.41) is 4.85. The SMILES string of the molecule is Fc1ccc(-c2nn3c(O[C@@H]4CO[C@@H]5OCC[C@@H]54)cccc3c2-c2ccncn2)cc1. The largest absolute Gasteiger partial charge is 0.471 e. The molecular weight excluding hydrogens is 399 g/mol. The summed E-state index contributed by atoms with van der Waals surface area (Å²) in [5.41, 5.74) is 3.89. The summed E-state index contributed by atoms with van der Waals surface area (Å²) in [6.07, 6.45) is 3.82. The van der Waals surface area contributed by atoms with Crippen LogP contribution in [-0.2, 0) is 9.47 Å². The van der Waals surface area contributed by atoms with Crippen molar-refractivity contribution in [2.45, 2.75) is 18.8 Å². The van der Waals surface area contributed by atoms with Gasteiger partial charge in [0.05, 0.1) is 35.9 Å². The quantitative estimate of drug-likeness (QED) is 0.503. The Morgan fingerprint density at radius 1 is 1.06 bits per heavy atom. The molecule has 0 aliphatic carbocycles. The van der Waals surface area contributed by atoms with Crippen LogP contribution in [0.4, 0.5) is 4.39 Å². The topological polar surface area (TPSA) is 70.8 Å². The summed E-state index contributed by atoms with van der Waals surface area (Å²) in [7, 11) is 0. The van der Waals surface area contributed by atoms with E-state index < -0.39 is 0 Å². The highest BCUT2D eigenvalue weighted by molar-refractivity contribution is 5.91. The number of benzene rings is 1. The van der Waals surface area contributed by atoms with Crippen molar-refractivity contribution < 1.29 is 18.6 Å². The van der Waals surface area contributed by atoms with Gasteiger partial charge < -0.3 is 14.2 Å². The zero-order chi connectivity index (χ0) is 20.8. The van der Waals surface area contributed by atoms with Crippen LogP contribution in [-0.4, -0.2) is 45.2 Å². The number of rotatable bonds is 4. The predicted octanol–water partition coefficient (Wildman–Crippen LogP) is 3.74. The fourth-order valence-corrected chi connectivity index (χ4v) is 4.34. The molecule has 2 aliphatic heterocycles. The fourth-order valence-electron chi connectivity index (χ4n) is 4.34. The lowest BCUT2D eigenvalue weighted by Crippen LogP contribution is -2.27. The molecule has 0 bridgehead atoms. The minimum Gasteiger partial charge on any atom is -0.471 e. The van der Waals surface area contributed by atoms with Crippen LogP contribution >= 0.6 is 0 Å². The maximum Gasteiger partial charge on any atom is 0.215 e. The highest BCUT2D eigenvalue weighted by Gasteiger charge is 2.43. The first kappa shape index (κ1) is 18.4. The van der Waals surface area contributed by atoms with E-state index >= 15 is 0 Å². The minimum absolute atomic E-state index is 0.0981. The average Bonchev–Trinajstić information content (AvgIpc) is 3.51. The molecule has 0 N–H and O–H groups in total. The summed E-state index contributed by atoms with van der Waals surface area (Å²) in [6, 6.07) is 13.9. The predicted molar refractivity (Wildman–Crippen MR) is 110 cm³/mol. The highest BCUT2D eigenvalue weighted by Crippen LogP contribution is 2.37. The number of hydrogen-bond acceptors (Lipinski definition) is 6. The van der Waals surface area contributed by atoms with Gasteiger partial charge >= 0.3 is 0 Å². The number of aromatic nitrogens is 4. The van der Waals surface area contributed by atoms with E-state index in [9.17, 15) is 4.39 Å². The zero-order valence-corrected chi connectivity index (χ0v) is 16.5. The average molecular weight is 418 g/mol. The molecule has 4 aromatic rings. The van der Waals surface area contributed by atoms with Crippen molar-refractivity contribution in [1.82, 2.24) is 19.6 Å². The molecule has 3 atom stereocenters. The van der Waals surface area contributed by atoms with E-state index in [1.807, 2.05) is 24.3 Å². The van der Waals surface area contributed by atoms with Crippen molar-refractivity contribution in [3.63, 3.8) is 0 Å². The first-order chi connectivity index (χ1) is 15.3. The molecule has 0 amide bonds. The number of ether oxygens (including phenoxy) is 3. The third kappa shape index (κ3) is 3.15. The smallest absolute Gasteiger partial charge is 0.215 e. The minimum atomic E-state index is -0.297. The second-order valence-corrected chi connectivity index (χ2v) is 7.67. The third-order valence-corrected chi connectivity index (χ3v) is 5.84. The lowest BCUT2D eigenvalue weighted by Gasteiger charge is -2.17. The molecule has 0 saturated carbocycles. The first-order valence-electron chi connectivity index (χ1n) is 10.2. The van der Waals surface area contributed by atoms with Gasteiger partial charge in [0.25, 0.3) is 0 Å². The Balaban J connectivity index is 1.49. The summed E-state index contributed by atoms with van der Waals surface area (Å²) >= 11 is 0. The maximum absolute atomic E-state index is 13.5. The normalized spacial score (nSPS) is 22.7. The Morgan fingerprint density at radius 2 is 1.97 bits per heavy atom. The summed E-state index contributed by atoms with van der Waals surface area (Å²) in [4.78, 5) is 8.46. The molecule has 2 fully saturated rings. The van der Waals surface area contributed by atoms with Crippen molar-refractivity contribution in [3.05, 3.63) is 66.9 Å². The number of pyridine rings is 1. The second-order valence-electron chi connectivity index (χ2n) is 7.67. The molecule has 156 valence electrons. The van der Waals surface area contributed by atoms with Crippen molar-refractivity contribution >= 4 is 5.52 Å². The van der Waals surface area contributed by atoms with Gasteiger partial charge in [-0.2, -0.15) is 9.61 Å². The summed E-state index contributed by atoms with van der Waals surface area (Å²) < 4.78 is 33.0. The summed E-state index contributed by atoms with van der Waals surface area (Å²) in [5.74, 6) is 0.528. The van der Waals surface area contributed by atoms with Gasteiger partial charge in [0.1, 0.15) is 23.9 Å². The van der Waals surface area contributed by atoms with Crippen LogP contribution in [0.3, 0.4) is 0 Å². The monoisotopic (exact) mass is 418 g/mol. The van der Waals surface area contributed by atoms with Gasteiger partial charge in [0.2, 0.25) is 5.88 Å².